The van der Waals surface area contributed by atoms with Crippen LogP contribution < -0.4 is 4.90 Å². The number of nitrogens with zero attached hydrogens (tertiary/aromatic N) is 1. The number of hydrogen-bond acceptors (Lipinski definition) is 1. The Morgan fingerprint density at radius 2 is 0.810 bits per heavy atom. The van der Waals surface area contributed by atoms with Gasteiger partial charge in [0.1, 0.15) is 0 Å². The van der Waals surface area contributed by atoms with E-state index >= 15 is 0 Å². The molecule has 0 aliphatic heterocycles. The van der Waals surface area contributed by atoms with Crippen molar-refractivity contribution in [2.24, 2.45) is 0 Å². The van der Waals surface area contributed by atoms with Gasteiger partial charge in [0.05, 0.1) is 5.69 Å². The number of para-hydroxylation sites is 2. The maximum Gasteiger partial charge on any atom is 0.0575 e. The molecule has 0 saturated carbocycles. The third-order valence-electron chi connectivity index (χ3n) is 9.21. The van der Waals surface area contributed by atoms with Gasteiger partial charge < -0.3 is 4.90 Å². The summed E-state index contributed by atoms with van der Waals surface area (Å²) in [5.41, 5.74) is 10.9. The lowest BCUT2D eigenvalue weighted by Gasteiger charge is -2.34. The van der Waals surface area contributed by atoms with E-state index in [9.17, 15) is 0 Å². The van der Waals surface area contributed by atoms with Gasteiger partial charge in [-0.25, -0.2) is 0 Å². The summed E-state index contributed by atoms with van der Waals surface area (Å²) in [5, 5.41) is 8.04. The topological polar surface area (TPSA) is 3.24 Å². The molecule has 0 amide bonds. The maximum absolute atomic E-state index is 2.50. The molecule has 1 nitrogen and oxygen atoms in total. The van der Waals surface area contributed by atoms with E-state index in [1.54, 1.807) is 0 Å². The summed E-state index contributed by atoms with van der Waals surface area (Å²) in [4.78, 5) is 2.50. The molecule has 202 valence electrons. The molecule has 0 spiro atoms. The van der Waals surface area contributed by atoms with Gasteiger partial charge in [-0.1, -0.05) is 109 Å². The van der Waals surface area contributed by atoms with Gasteiger partial charge >= 0.3 is 0 Å². The van der Waals surface area contributed by atoms with Crippen molar-refractivity contribution in [2.75, 3.05) is 4.90 Å². The monoisotopic (exact) mass is 539 g/mol. The molecular weight excluding hydrogens is 506 g/mol. The number of hydrogen-bond donors (Lipinski definition) is 0. The lowest BCUT2D eigenvalue weighted by Crippen LogP contribution is -2.17. The van der Waals surface area contributed by atoms with E-state index in [0.29, 0.717) is 0 Å². The van der Waals surface area contributed by atoms with Crippen molar-refractivity contribution in [2.45, 2.75) is 32.6 Å². The molecule has 42 heavy (non-hydrogen) atoms. The standard InChI is InChI=1S/C41H33N/c1-28-31-20-8-10-22-33(31)39(34-23-11-9-21-32(28)34)40-35-24-12-14-26-37(35)41(38-27-15-13-25-36(38)40)42(29-16-4-2-5-17-29)30-18-6-3-7-19-30/h2-12,14,16-24,26H,13,15,25,27H2,1H3. The molecule has 0 bridgehead atoms. The van der Waals surface area contributed by atoms with Gasteiger partial charge in [-0.2, -0.15) is 0 Å². The molecule has 0 fully saturated rings. The van der Waals surface area contributed by atoms with E-state index in [1.165, 1.54) is 90.0 Å². The van der Waals surface area contributed by atoms with Crippen LogP contribution in [0, 0.1) is 6.92 Å². The molecule has 7 aromatic rings. The van der Waals surface area contributed by atoms with Crippen LogP contribution in [-0.2, 0) is 12.8 Å². The Hall–Kier alpha value is -4.88. The number of fused-ring (bicyclic) bond motifs is 4. The molecular formula is C41H33N. The highest BCUT2D eigenvalue weighted by Gasteiger charge is 2.28. The molecule has 1 heteroatoms. The number of anilines is 3. The zero-order valence-electron chi connectivity index (χ0n) is 24.0. The van der Waals surface area contributed by atoms with Crippen LogP contribution in [0.15, 0.2) is 133 Å². The molecule has 1 aliphatic carbocycles. The van der Waals surface area contributed by atoms with Crippen LogP contribution in [0.3, 0.4) is 0 Å². The Morgan fingerprint density at radius 3 is 1.33 bits per heavy atom. The Balaban J connectivity index is 1.56. The average molecular weight is 540 g/mol. The fourth-order valence-electron chi connectivity index (χ4n) is 7.39. The molecule has 1 aliphatic rings. The van der Waals surface area contributed by atoms with Crippen molar-refractivity contribution in [3.8, 4) is 11.1 Å². The molecule has 0 unspecified atom stereocenters. The lowest BCUT2D eigenvalue weighted by molar-refractivity contribution is 0.688. The van der Waals surface area contributed by atoms with Crippen LogP contribution >= 0.6 is 0 Å². The van der Waals surface area contributed by atoms with Crippen molar-refractivity contribution < 1.29 is 0 Å². The third kappa shape index (κ3) is 3.84. The van der Waals surface area contributed by atoms with Crippen LogP contribution in [0.4, 0.5) is 17.1 Å². The fourth-order valence-corrected chi connectivity index (χ4v) is 7.39. The molecule has 0 N–H and O–H groups in total. The predicted octanol–water partition coefficient (Wildman–Crippen LogP) is 11.5. The van der Waals surface area contributed by atoms with Crippen LogP contribution in [0.25, 0.3) is 43.4 Å². The maximum atomic E-state index is 2.50. The first kappa shape index (κ1) is 24.9. The van der Waals surface area contributed by atoms with Crippen LogP contribution in [-0.4, -0.2) is 0 Å². The Kier molecular flexibility index (Phi) is 6.04. The van der Waals surface area contributed by atoms with Crippen molar-refractivity contribution >= 4 is 49.4 Å². The first-order valence-corrected chi connectivity index (χ1v) is 15.2. The van der Waals surface area contributed by atoms with Crippen molar-refractivity contribution in [3.63, 3.8) is 0 Å². The molecule has 0 saturated heterocycles. The fraction of sp³-hybridized carbons (Fsp3) is 0.122. The van der Waals surface area contributed by atoms with E-state index in [4.69, 9.17) is 0 Å². The second-order valence-corrected chi connectivity index (χ2v) is 11.5. The quantitative estimate of drug-likeness (QED) is 0.201. The molecule has 0 heterocycles. The Bertz CT molecular complexity index is 1990. The van der Waals surface area contributed by atoms with Crippen LogP contribution in [0.1, 0.15) is 29.5 Å². The molecule has 0 atom stereocenters. The summed E-state index contributed by atoms with van der Waals surface area (Å²) >= 11 is 0. The molecule has 0 aromatic heterocycles. The SMILES string of the molecule is Cc1c2ccccc2c(-c2c3c(c(N(c4ccccc4)c4ccccc4)c4ccccc24)CCCC3)c2ccccc12. The predicted molar refractivity (Wildman–Crippen MR) is 180 cm³/mol. The van der Waals surface area contributed by atoms with Gasteiger partial charge in [-0.05, 0) is 112 Å². The van der Waals surface area contributed by atoms with E-state index in [0.717, 1.165) is 12.8 Å². The van der Waals surface area contributed by atoms with Crippen LogP contribution in [0.2, 0.25) is 0 Å². The van der Waals surface area contributed by atoms with Crippen molar-refractivity contribution in [3.05, 3.63) is 150 Å². The number of benzene rings is 7. The molecule has 8 rings (SSSR count). The van der Waals surface area contributed by atoms with Crippen molar-refractivity contribution in [1.82, 2.24) is 0 Å². The minimum Gasteiger partial charge on any atom is -0.310 e. The van der Waals surface area contributed by atoms with Crippen LogP contribution in [0.5, 0.6) is 0 Å². The number of aryl methyl sites for hydroxylation is 1. The first-order valence-electron chi connectivity index (χ1n) is 15.2. The summed E-state index contributed by atoms with van der Waals surface area (Å²) in [7, 11) is 0. The Morgan fingerprint density at radius 1 is 0.405 bits per heavy atom. The van der Waals surface area contributed by atoms with Gasteiger partial charge in [0, 0.05) is 16.8 Å². The van der Waals surface area contributed by atoms with E-state index in [-0.39, 0.29) is 0 Å². The van der Waals surface area contributed by atoms with E-state index in [1.807, 2.05) is 0 Å². The number of rotatable bonds is 4. The minimum absolute atomic E-state index is 1.08. The minimum atomic E-state index is 1.08. The highest BCUT2D eigenvalue weighted by atomic mass is 15.1. The summed E-state index contributed by atoms with van der Waals surface area (Å²) in [6.07, 6.45) is 4.61. The van der Waals surface area contributed by atoms with Gasteiger partial charge in [-0.15, -0.1) is 0 Å². The lowest BCUT2D eigenvalue weighted by atomic mass is 9.78. The van der Waals surface area contributed by atoms with Gasteiger partial charge in [0.2, 0.25) is 0 Å². The van der Waals surface area contributed by atoms with E-state index in [2.05, 4.69) is 145 Å². The highest BCUT2D eigenvalue weighted by molar-refractivity contribution is 6.21. The Labute approximate surface area is 247 Å². The third-order valence-corrected chi connectivity index (χ3v) is 9.21. The average Bonchev–Trinajstić information content (AvgIpc) is 3.07. The molecule has 7 aromatic carbocycles. The van der Waals surface area contributed by atoms with Crippen molar-refractivity contribution in [1.29, 1.82) is 0 Å². The summed E-state index contributed by atoms with van der Waals surface area (Å²) < 4.78 is 0. The summed E-state index contributed by atoms with van der Waals surface area (Å²) in [5.74, 6) is 0. The summed E-state index contributed by atoms with van der Waals surface area (Å²) in [6.45, 7) is 2.28. The summed E-state index contributed by atoms with van der Waals surface area (Å²) in [6, 6.07) is 49.0. The van der Waals surface area contributed by atoms with Gasteiger partial charge in [0.15, 0.2) is 0 Å². The zero-order chi connectivity index (χ0) is 28.0. The highest BCUT2D eigenvalue weighted by Crippen LogP contribution is 2.51. The second kappa shape index (κ2) is 10.2. The second-order valence-electron chi connectivity index (χ2n) is 11.5. The van der Waals surface area contributed by atoms with Gasteiger partial charge in [-0.3, -0.25) is 0 Å². The van der Waals surface area contributed by atoms with Gasteiger partial charge in [0.25, 0.3) is 0 Å². The van der Waals surface area contributed by atoms with E-state index < -0.39 is 0 Å². The first-order chi connectivity index (χ1) is 20.8. The zero-order valence-corrected chi connectivity index (χ0v) is 24.0. The largest absolute Gasteiger partial charge is 0.310 e. The molecule has 0 radical (unpaired) electrons. The normalized spacial score (nSPS) is 13.0. The smallest absolute Gasteiger partial charge is 0.0575 e.